The van der Waals surface area contributed by atoms with Crippen LogP contribution in [0.5, 0.6) is 0 Å². The second-order valence-electron chi connectivity index (χ2n) is 6.12. The van der Waals surface area contributed by atoms with Crippen LogP contribution < -0.4 is 11.1 Å². The van der Waals surface area contributed by atoms with E-state index in [0.717, 1.165) is 0 Å². The highest BCUT2D eigenvalue weighted by atomic mass is 32.2. The van der Waals surface area contributed by atoms with Crippen molar-refractivity contribution in [3.8, 4) is 0 Å². The molecule has 0 radical (unpaired) electrons. The number of rotatable bonds is 6. The van der Waals surface area contributed by atoms with Crippen molar-refractivity contribution in [2.75, 3.05) is 19.0 Å². The normalized spacial score (nSPS) is 13.7. The topological polar surface area (TPSA) is 98.5 Å². The second kappa shape index (κ2) is 7.21. The van der Waals surface area contributed by atoms with Gasteiger partial charge in [0.05, 0.1) is 17.1 Å². The molecule has 1 atom stereocenters. The number of carbonyl (C=O) groups excluding carboxylic acids is 1. The molecule has 1 amide bonds. The molecule has 0 bridgehead atoms. The van der Waals surface area contributed by atoms with Crippen LogP contribution in [0.25, 0.3) is 0 Å². The van der Waals surface area contributed by atoms with Gasteiger partial charge in [-0.1, -0.05) is 12.1 Å². The Morgan fingerprint density at radius 2 is 1.82 bits per heavy atom. The Morgan fingerprint density at radius 1 is 1.27 bits per heavy atom. The number of sulfone groups is 1. The molecule has 0 fully saturated rings. The van der Waals surface area contributed by atoms with E-state index in [1.165, 1.54) is 7.11 Å². The molecule has 7 heteroatoms. The molecule has 1 aromatic rings. The van der Waals surface area contributed by atoms with Gasteiger partial charge in [-0.2, -0.15) is 0 Å². The highest BCUT2D eigenvalue weighted by molar-refractivity contribution is 7.91. The number of benzene rings is 1. The van der Waals surface area contributed by atoms with Crippen LogP contribution in [0.3, 0.4) is 0 Å². The summed E-state index contributed by atoms with van der Waals surface area (Å²) in [6, 6.07) is 5.93. The van der Waals surface area contributed by atoms with E-state index in [0.29, 0.717) is 11.3 Å². The van der Waals surface area contributed by atoms with Gasteiger partial charge >= 0.3 is 0 Å². The number of ether oxygens (including phenoxy) is 1. The first-order chi connectivity index (χ1) is 10.1. The molecular weight excluding hydrogens is 304 g/mol. The summed E-state index contributed by atoms with van der Waals surface area (Å²) in [5, 5.41) is 2.65. The molecule has 0 saturated carbocycles. The lowest BCUT2D eigenvalue weighted by Gasteiger charge is -2.19. The molecule has 0 aliphatic heterocycles. The van der Waals surface area contributed by atoms with E-state index in [9.17, 15) is 13.2 Å². The SMILES string of the molecule is COCC(N)C(=O)Nc1ccc(CS(=O)(=O)C(C)(C)C)cc1. The number of amides is 1. The molecule has 3 N–H and O–H groups in total. The number of methoxy groups -OCH3 is 1. The summed E-state index contributed by atoms with van der Waals surface area (Å²) in [4.78, 5) is 11.7. The quantitative estimate of drug-likeness (QED) is 0.820. The molecule has 0 saturated heterocycles. The molecule has 22 heavy (non-hydrogen) atoms. The predicted octanol–water partition coefficient (Wildman–Crippen LogP) is 1.31. The predicted molar refractivity (Wildman–Crippen MR) is 87.3 cm³/mol. The first kappa shape index (κ1) is 18.6. The maximum absolute atomic E-state index is 12.1. The molecule has 1 rings (SSSR count). The van der Waals surface area contributed by atoms with Crippen molar-refractivity contribution in [2.45, 2.75) is 37.3 Å². The van der Waals surface area contributed by atoms with Crippen LogP contribution in [0.4, 0.5) is 5.69 Å². The molecular formula is C15H24N2O4S. The Morgan fingerprint density at radius 3 is 2.27 bits per heavy atom. The van der Waals surface area contributed by atoms with Gasteiger partial charge in [0.25, 0.3) is 0 Å². The zero-order valence-electron chi connectivity index (χ0n) is 13.4. The third-order valence-corrected chi connectivity index (χ3v) is 5.77. The highest BCUT2D eigenvalue weighted by Crippen LogP contribution is 2.21. The van der Waals surface area contributed by atoms with Gasteiger partial charge in [-0.05, 0) is 38.5 Å². The van der Waals surface area contributed by atoms with Crippen molar-refractivity contribution < 1.29 is 17.9 Å². The van der Waals surface area contributed by atoms with Crippen LogP contribution >= 0.6 is 0 Å². The number of anilines is 1. The molecule has 1 unspecified atom stereocenters. The van der Waals surface area contributed by atoms with Gasteiger partial charge in [0, 0.05) is 12.8 Å². The fraction of sp³-hybridized carbons (Fsp3) is 0.533. The Bertz CT molecular complexity index is 603. The molecule has 0 aliphatic rings. The third-order valence-electron chi connectivity index (χ3n) is 3.19. The summed E-state index contributed by atoms with van der Waals surface area (Å²) in [5.74, 6) is -0.384. The van der Waals surface area contributed by atoms with Crippen molar-refractivity contribution in [3.63, 3.8) is 0 Å². The van der Waals surface area contributed by atoms with Crippen LogP contribution in [-0.4, -0.2) is 38.8 Å². The van der Waals surface area contributed by atoms with E-state index in [-0.39, 0.29) is 18.3 Å². The molecule has 124 valence electrons. The number of hydrogen-bond acceptors (Lipinski definition) is 5. The molecule has 0 spiro atoms. The van der Waals surface area contributed by atoms with Gasteiger partial charge in [0.1, 0.15) is 6.04 Å². The number of hydrogen-bond donors (Lipinski definition) is 2. The van der Waals surface area contributed by atoms with Crippen molar-refractivity contribution in [3.05, 3.63) is 29.8 Å². The van der Waals surface area contributed by atoms with Crippen LogP contribution in [0.2, 0.25) is 0 Å². The fourth-order valence-corrected chi connectivity index (χ4v) is 2.67. The zero-order chi connectivity index (χ0) is 17.0. The summed E-state index contributed by atoms with van der Waals surface area (Å²) in [5.41, 5.74) is 6.86. The summed E-state index contributed by atoms with van der Waals surface area (Å²) in [6.45, 7) is 5.16. The van der Waals surface area contributed by atoms with E-state index in [1.54, 1.807) is 45.0 Å². The van der Waals surface area contributed by atoms with Crippen LogP contribution in [0.15, 0.2) is 24.3 Å². The second-order valence-corrected chi connectivity index (χ2v) is 8.86. The van der Waals surface area contributed by atoms with E-state index in [2.05, 4.69) is 5.32 Å². The van der Waals surface area contributed by atoms with Gasteiger partial charge in [-0.15, -0.1) is 0 Å². The number of carbonyl (C=O) groups is 1. The van der Waals surface area contributed by atoms with Crippen LogP contribution in [-0.2, 0) is 25.1 Å². The van der Waals surface area contributed by atoms with Crippen LogP contribution in [0.1, 0.15) is 26.3 Å². The van der Waals surface area contributed by atoms with Crippen LogP contribution in [0, 0.1) is 0 Å². The fourth-order valence-electron chi connectivity index (χ4n) is 1.61. The average Bonchev–Trinajstić information content (AvgIpc) is 2.39. The minimum Gasteiger partial charge on any atom is -0.383 e. The summed E-state index contributed by atoms with van der Waals surface area (Å²) in [7, 11) is -1.76. The molecule has 1 aromatic carbocycles. The lowest BCUT2D eigenvalue weighted by Crippen LogP contribution is -2.39. The molecule has 0 heterocycles. The minimum atomic E-state index is -3.23. The van der Waals surface area contributed by atoms with E-state index in [4.69, 9.17) is 10.5 Å². The third kappa shape index (κ3) is 5.08. The van der Waals surface area contributed by atoms with Gasteiger partial charge in [0.15, 0.2) is 9.84 Å². The lowest BCUT2D eigenvalue weighted by atomic mass is 10.2. The number of nitrogens with two attached hydrogens (primary N) is 1. The Kier molecular flexibility index (Phi) is 6.10. The zero-order valence-corrected chi connectivity index (χ0v) is 14.2. The largest absolute Gasteiger partial charge is 0.383 e. The van der Waals surface area contributed by atoms with E-state index >= 15 is 0 Å². The summed E-state index contributed by atoms with van der Waals surface area (Å²) < 4.78 is 28.3. The van der Waals surface area contributed by atoms with Crippen molar-refractivity contribution in [2.24, 2.45) is 5.73 Å². The monoisotopic (exact) mass is 328 g/mol. The van der Waals surface area contributed by atoms with Gasteiger partial charge in [-0.3, -0.25) is 4.79 Å². The number of nitrogens with one attached hydrogen (secondary N) is 1. The minimum absolute atomic E-state index is 0.0338. The van der Waals surface area contributed by atoms with Crippen molar-refractivity contribution in [1.82, 2.24) is 0 Å². The van der Waals surface area contributed by atoms with Gasteiger partial charge in [-0.25, -0.2) is 8.42 Å². The molecule has 0 aromatic heterocycles. The first-order valence-electron chi connectivity index (χ1n) is 6.93. The molecule has 6 nitrogen and oxygen atoms in total. The Labute approximate surface area is 132 Å². The van der Waals surface area contributed by atoms with E-state index in [1.807, 2.05) is 0 Å². The highest BCUT2D eigenvalue weighted by Gasteiger charge is 2.28. The maximum Gasteiger partial charge on any atom is 0.243 e. The summed E-state index contributed by atoms with van der Waals surface area (Å²) >= 11 is 0. The van der Waals surface area contributed by atoms with E-state index < -0.39 is 20.6 Å². The Balaban J connectivity index is 2.74. The van der Waals surface area contributed by atoms with Crippen molar-refractivity contribution in [1.29, 1.82) is 0 Å². The summed E-state index contributed by atoms with van der Waals surface area (Å²) in [6.07, 6.45) is 0. The van der Waals surface area contributed by atoms with Crippen molar-refractivity contribution >= 4 is 21.4 Å². The smallest absolute Gasteiger partial charge is 0.243 e. The average molecular weight is 328 g/mol. The molecule has 0 aliphatic carbocycles. The lowest BCUT2D eigenvalue weighted by molar-refractivity contribution is -0.118. The van der Waals surface area contributed by atoms with Gasteiger partial charge < -0.3 is 15.8 Å². The standard InChI is InChI=1S/C15H24N2O4S/c1-15(2,3)22(19,20)10-11-5-7-12(8-6-11)17-14(18)13(16)9-21-4/h5-8,13H,9-10,16H2,1-4H3,(H,17,18). The maximum atomic E-state index is 12.1. The first-order valence-corrected chi connectivity index (χ1v) is 8.58. The Hall–Kier alpha value is -1.44. The van der Waals surface area contributed by atoms with Gasteiger partial charge in [0.2, 0.25) is 5.91 Å².